The summed E-state index contributed by atoms with van der Waals surface area (Å²) < 4.78 is 5.10. The monoisotopic (exact) mass is 340 g/mol. The summed E-state index contributed by atoms with van der Waals surface area (Å²) >= 11 is 0. The Bertz CT molecular complexity index is 743. The quantitative estimate of drug-likeness (QED) is 0.795. The molecular weight excluding hydrogens is 316 g/mol. The maximum Gasteiger partial charge on any atom is 0.313 e. The number of ether oxygens (including phenoxy) is 1. The summed E-state index contributed by atoms with van der Waals surface area (Å²) in [6.45, 7) is 4.80. The van der Waals surface area contributed by atoms with Crippen LogP contribution in [0.4, 0.5) is 5.69 Å². The number of rotatable bonds is 6. The highest BCUT2D eigenvalue weighted by molar-refractivity contribution is 6.39. The molecule has 2 aromatic carbocycles. The van der Waals surface area contributed by atoms with Gasteiger partial charge >= 0.3 is 11.8 Å². The molecule has 0 saturated carbocycles. The van der Waals surface area contributed by atoms with Gasteiger partial charge in [-0.2, -0.15) is 0 Å². The van der Waals surface area contributed by atoms with Crippen LogP contribution in [0.1, 0.15) is 29.5 Å². The van der Waals surface area contributed by atoms with E-state index in [1.54, 1.807) is 19.2 Å². The summed E-state index contributed by atoms with van der Waals surface area (Å²) in [5, 5.41) is 5.33. The van der Waals surface area contributed by atoms with Crippen molar-refractivity contribution in [2.45, 2.75) is 26.4 Å². The molecule has 2 amide bonds. The molecular formula is C20H24N2O3. The SMILES string of the molecule is COCc1ccccc1NC(=O)C(=O)NCC(C)c1cccc(C)c1. The molecule has 132 valence electrons. The summed E-state index contributed by atoms with van der Waals surface area (Å²) in [5.74, 6) is -1.20. The van der Waals surface area contributed by atoms with Crippen molar-refractivity contribution in [2.24, 2.45) is 0 Å². The van der Waals surface area contributed by atoms with Gasteiger partial charge in [0.1, 0.15) is 0 Å². The first-order valence-electron chi connectivity index (χ1n) is 8.24. The zero-order valence-electron chi connectivity index (χ0n) is 14.8. The number of methoxy groups -OCH3 is 1. The summed E-state index contributed by atoms with van der Waals surface area (Å²) in [6.07, 6.45) is 0. The summed E-state index contributed by atoms with van der Waals surface area (Å²) in [6, 6.07) is 15.4. The van der Waals surface area contributed by atoms with E-state index >= 15 is 0 Å². The lowest BCUT2D eigenvalue weighted by Gasteiger charge is -2.14. The third kappa shape index (κ3) is 5.43. The smallest absolute Gasteiger partial charge is 0.313 e. The van der Waals surface area contributed by atoms with E-state index in [2.05, 4.69) is 16.7 Å². The topological polar surface area (TPSA) is 67.4 Å². The number of amides is 2. The summed E-state index contributed by atoms with van der Waals surface area (Å²) in [4.78, 5) is 24.2. The van der Waals surface area contributed by atoms with Crippen LogP contribution < -0.4 is 10.6 Å². The van der Waals surface area contributed by atoms with Crippen LogP contribution in [0.15, 0.2) is 48.5 Å². The van der Waals surface area contributed by atoms with Gasteiger partial charge in [-0.3, -0.25) is 9.59 Å². The molecule has 2 rings (SSSR count). The fraction of sp³-hybridized carbons (Fsp3) is 0.300. The van der Waals surface area contributed by atoms with Crippen LogP contribution in [-0.4, -0.2) is 25.5 Å². The minimum Gasteiger partial charge on any atom is -0.380 e. The van der Waals surface area contributed by atoms with E-state index in [4.69, 9.17) is 4.74 Å². The number of hydrogen-bond acceptors (Lipinski definition) is 3. The van der Waals surface area contributed by atoms with Crippen molar-refractivity contribution >= 4 is 17.5 Å². The van der Waals surface area contributed by atoms with Crippen molar-refractivity contribution in [1.29, 1.82) is 0 Å². The van der Waals surface area contributed by atoms with E-state index in [0.717, 1.165) is 11.1 Å². The van der Waals surface area contributed by atoms with Crippen LogP contribution in [0.25, 0.3) is 0 Å². The van der Waals surface area contributed by atoms with Crippen LogP contribution in [0.5, 0.6) is 0 Å². The third-order valence-electron chi connectivity index (χ3n) is 3.95. The zero-order chi connectivity index (χ0) is 18.2. The number of carbonyl (C=O) groups excluding carboxylic acids is 2. The van der Waals surface area contributed by atoms with Crippen molar-refractivity contribution in [1.82, 2.24) is 5.32 Å². The average Bonchev–Trinajstić information content (AvgIpc) is 2.61. The molecule has 0 fully saturated rings. The van der Waals surface area contributed by atoms with Gasteiger partial charge in [0, 0.05) is 24.9 Å². The normalized spacial score (nSPS) is 11.6. The van der Waals surface area contributed by atoms with Crippen LogP contribution in [0.2, 0.25) is 0 Å². The Labute approximate surface area is 148 Å². The number of para-hydroxylation sites is 1. The highest BCUT2D eigenvalue weighted by Crippen LogP contribution is 2.17. The molecule has 2 aromatic rings. The molecule has 5 nitrogen and oxygen atoms in total. The van der Waals surface area contributed by atoms with Gasteiger partial charge in [-0.05, 0) is 24.5 Å². The van der Waals surface area contributed by atoms with Gasteiger partial charge in [-0.15, -0.1) is 0 Å². The highest BCUT2D eigenvalue weighted by atomic mass is 16.5. The molecule has 2 N–H and O–H groups in total. The van der Waals surface area contributed by atoms with Crippen molar-refractivity contribution in [3.8, 4) is 0 Å². The molecule has 0 spiro atoms. The van der Waals surface area contributed by atoms with Gasteiger partial charge in [0.25, 0.3) is 0 Å². The molecule has 0 aliphatic heterocycles. The summed E-state index contributed by atoms with van der Waals surface area (Å²) in [5.41, 5.74) is 3.70. The fourth-order valence-electron chi connectivity index (χ4n) is 2.52. The van der Waals surface area contributed by atoms with E-state index in [-0.39, 0.29) is 5.92 Å². The number of aryl methyl sites for hydroxylation is 1. The molecule has 0 heterocycles. The van der Waals surface area contributed by atoms with Crippen LogP contribution >= 0.6 is 0 Å². The van der Waals surface area contributed by atoms with Gasteiger partial charge in [0.2, 0.25) is 0 Å². The van der Waals surface area contributed by atoms with E-state index in [9.17, 15) is 9.59 Å². The maximum atomic E-state index is 12.1. The van der Waals surface area contributed by atoms with E-state index in [1.807, 2.05) is 44.2 Å². The predicted molar refractivity (Wildman–Crippen MR) is 98.4 cm³/mol. The minimum atomic E-state index is -0.681. The van der Waals surface area contributed by atoms with Crippen molar-refractivity contribution in [3.05, 3.63) is 65.2 Å². The Morgan fingerprint density at radius 3 is 2.56 bits per heavy atom. The second kappa shape index (κ2) is 8.99. The third-order valence-corrected chi connectivity index (χ3v) is 3.95. The van der Waals surface area contributed by atoms with Gasteiger partial charge in [0.15, 0.2) is 0 Å². The number of anilines is 1. The zero-order valence-corrected chi connectivity index (χ0v) is 14.8. The Kier molecular flexibility index (Phi) is 6.71. The number of nitrogens with one attached hydrogen (secondary N) is 2. The lowest BCUT2D eigenvalue weighted by molar-refractivity contribution is -0.136. The van der Waals surface area contributed by atoms with E-state index < -0.39 is 11.8 Å². The molecule has 25 heavy (non-hydrogen) atoms. The molecule has 0 radical (unpaired) electrons. The first-order valence-corrected chi connectivity index (χ1v) is 8.24. The molecule has 0 bridgehead atoms. The molecule has 5 heteroatoms. The average molecular weight is 340 g/mol. The largest absolute Gasteiger partial charge is 0.380 e. The van der Waals surface area contributed by atoms with Gasteiger partial charge in [0.05, 0.1) is 6.61 Å². The first kappa shape index (κ1) is 18.7. The second-order valence-corrected chi connectivity index (χ2v) is 6.07. The van der Waals surface area contributed by atoms with Crippen LogP contribution in [-0.2, 0) is 20.9 Å². The molecule has 0 aliphatic carbocycles. The predicted octanol–water partition coefficient (Wildman–Crippen LogP) is 3.00. The minimum absolute atomic E-state index is 0.123. The lowest BCUT2D eigenvalue weighted by atomic mass is 9.99. The van der Waals surface area contributed by atoms with Crippen LogP contribution in [0.3, 0.4) is 0 Å². The van der Waals surface area contributed by atoms with Gasteiger partial charge < -0.3 is 15.4 Å². The lowest BCUT2D eigenvalue weighted by Crippen LogP contribution is -2.37. The first-order chi connectivity index (χ1) is 12.0. The van der Waals surface area contributed by atoms with E-state index in [1.165, 1.54) is 5.56 Å². The fourth-order valence-corrected chi connectivity index (χ4v) is 2.52. The number of benzene rings is 2. The van der Waals surface area contributed by atoms with Crippen molar-refractivity contribution < 1.29 is 14.3 Å². The van der Waals surface area contributed by atoms with Crippen LogP contribution in [0, 0.1) is 6.92 Å². The second-order valence-electron chi connectivity index (χ2n) is 6.07. The van der Waals surface area contributed by atoms with E-state index in [0.29, 0.717) is 18.8 Å². The summed E-state index contributed by atoms with van der Waals surface area (Å²) in [7, 11) is 1.58. The maximum absolute atomic E-state index is 12.1. The van der Waals surface area contributed by atoms with Crippen molar-refractivity contribution in [2.75, 3.05) is 19.0 Å². The Hall–Kier alpha value is -2.66. The molecule has 1 unspecified atom stereocenters. The van der Waals surface area contributed by atoms with Gasteiger partial charge in [-0.1, -0.05) is 55.0 Å². The molecule has 0 saturated heterocycles. The highest BCUT2D eigenvalue weighted by Gasteiger charge is 2.16. The number of hydrogen-bond donors (Lipinski definition) is 2. The van der Waals surface area contributed by atoms with Crippen molar-refractivity contribution in [3.63, 3.8) is 0 Å². The molecule has 1 atom stereocenters. The Morgan fingerprint density at radius 1 is 1.08 bits per heavy atom. The molecule has 0 aliphatic rings. The number of carbonyl (C=O) groups is 2. The Balaban J connectivity index is 1.91. The van der Waals surface area contributed by atoms with Gasteiger partial charge in [-0.25, -0.2) is 0 Å². The molecule has 0 aromatic heterocycles. The Morgan fingerprint density at radius 2 is 1.84 bits per heavy atom. The standard InChI is InChI=1S/C20H24N2O3/c1-14-7-6-9-16(11-14)15(2)12-21-19(23)20(24)22-18-10-5-4-8-17(18)13-25-3/h4-11,15H,12-13H2,1-3H3,(H,21,23)(H,22,24).